The minimum Gasteiger partial charge on any atom is -0.456 e. The second-order valence-electron chi connectivity index (χ2n) is 13.3. The van der Waals surface area contributed by atoms with Gasteiger partial charge in [0.2, 0.25) is 0 Å². The maximum absolute atomic E-state index is 6.14. The zero-order valence-corrected chi connectivity index (χ0v) is 27.1. The van der Waals surface area contributed by atoms with Crippen molar-refractivity contribution in [2.45, 2.75) is 0 Å². The zero-order chi connectivity index (χ0) is 32.8. The van der Waals surface area contributed by atoms with E-state index in [-0.39, 0.29) is 0 Å². The maximum Gasteiger partial charge on any atom is 0.135 e. The van der Waals surface area contributed by atoms with Crippen molar-refractivity contribution >= 4 is 76.1 Å². The van der Waals surface area contributed by atoms with Crippen LogP contribution in [0.1, 0.15) is 0 Å². The minimum atomic E-state index is 0.914. The average Bonchev–Trinajstić information content (AvgIpc) is 3.73. The predicted octanol–water partition coefficient (Wildman–Crippen LogP) is 13.5. The number of para-hydroxylation sites is 2. The van der Waals surface area contributed by atoms with Gasteiger partial charge in [-0.05, 0) is 103 Å². The van der Waals surface area contributed by atoms with Crippen LogP contribution in [0.15, 0.2) is 180 Å². The molecule has 0 radical (unpaired) electrons. The van der Waals surface area contributed by atoms with Crippen LogP contribution in [0.5, 0.6) is 0 Å². The highest BCUT2D eigenvalue weighted by Gasteiger charge is 2.16. The molecule has 0 aliphatic heterocycles. The lowest BCUT2D eigenvalue weighted by Crippen LogP contribution is -1.94. The Bertz CT molecular complexity index is 3120. The number of nitrogens with zero attached hydrogens (tertiary/aromatic N) is 1. The minimum absolute atomic E-state index is 0.914. The summed E-state index contributed by atoms with van der Waals surface area (Å²) in [7, 11) is 0. The summed E-state index contributed by atoms with van der Waals surface area (Å²) in [5.74, 6) is 0. The molecule has 0 amide bonds. The molecule has 0 atom stereocenters. The first-order valence-corrected chi connectivity index (χ1v) is 17.2. The van der Waals surface area contributed by atoms with E-state index in [2.05, 4.69) is 168 Å². The van der Waals surface area contributed by atoms with Crippen molar-refractivity contribution < 1.29 is 4.42 Å². The molecular weight excluding hydrogens is 607 g/mol. The Labute approximate surface area is 288 Å². The third-order valence-electron chi connectivity index (χ3n) is 10.6. The van der Waals surface area contributed by atoms with Gasteiger partial charge in [-0.3, -0.25) is 0 Å². The molecular formula is C48H29NO. The van der Waals surface area contributed by atoms with E-state index in [1.165, 1.54) is 76.4 Å². The van der Waals surface area contributed by atoms with Crippen molar-refractivity contribution in [2.75, 3.05) is 0 Å². The fourth-order valence-electron chi connectivity index (χ4n) is 8.25. The first kappa shape index (κ1) is 27.3. The van der Waals surface area contributed by atoms with Crippen LogP contribution in [0, 0.1) is 0 Å². The SMILES string of the molecule is c1cc(-c2ccc3c4ccccc4c4ccccc4c3c2)cc(-n2c3ccccc3c3ccc(-c4ccc5oc6ccccc6c5c4)cc32)c1. The van der Waals surface area contributed by atoms with Crippen molar-refractivity contribution in [3.05, 3.63) is 176 Å². The number of hydrogen-bond acceptors (Lipinski definition) is 1. The van der Waals surface area contributed by atoms with E-state index in [1.807, 2.05) is 12.1 Å². The maximum atomic E-state index is 6.14. The fourth-order valence-corrected chi connectivity index (χ4v) is 8.25. The molecule has 0 saturated heterocycles. The summed E-state index contributed by atoms with van der Waals surface area (Å²) < 4.78 is 8.56. The lowest BCUT2D eigenvalue weighted by molar-refractivity contribution is 0.669. The molecule has 0 aliphatic rings. The largest absolute Gasteiger partial charge is 0.456 e. The molecule has 2 aromatic heterocycles. The molecule has 2 nitrogen and oxygen atoms in total. The van der Waals surface area contributed by atoms with E-state index in [4.69, 9.17) is 4.42 Å². The first-order chi connectivity index (χ1) is 24.8. The Morgan fingerprint density at radius 2 is 0.780 bits per heavy atom. The van der Waals surface area contributed by atoms with Crippen molar-refractivity contribution in [1.29, 1.82) is 0 Å². The van der Waals surface area contributed by atoms with Crippen molar-refractivity contribution in [3.63, 3.8) is 0 Å². The summed E-state index contributed by atoms with van der Waals surface area (Å²) in [6.45, 7) is 0. The van der Waals surface area contributed by atoms with Gasteiger partial charge in [0.05, 0.1) is 11.0 Å². The summed E-state index contributed by atoms with van der Waals surface area (Å²) in [6.07, 6.45) is 0. The number of benzene rings is 9. The van der Waals surface area contributed by atoms with Crippen molar-refractivity contribution in [1.82, 2.24) is 4.57 Å². The summed E-state index contributed by atoms with van der Waals surface area (Å²) in [5, 5.41) is 12.5. The molecule has 50 heavy (non-hydrogen) atoms. The van der Waals surface area contributed by atoms with E-state index >= 15 is 0 Å². The second kappa shape index (κ2) is 10.4. The number of aromatic nitrogens is 1. The highest BCUT2D eigenvalue weighted by molar-refractivity contribution is 6.25. The van der Waals surface area contributed by atoms with Gasteiger partial charge < -0.3 is 8.98 Å². The molecule has 0 aliphatic carbocycles. The molecule has 0 unspecified atom stereocenters. The van der Waals surface area contributed by atoms with Crippen LogP contribution in [0.2, 0.25) is 0 Å². The fraction of sp³-hybridized carbons (Fsp3) is 0. The van der Waals surface area contributed by atoms with Gasteiger partial charge in [-0.2, -0.15) is 0 Å². The number of hydrogen-bond donors (Lipinski definition) is 0. The summed E-state index contributed by atoms with van der Waals surface area (Å²) in [6, 6.07) is 64.0. The molecule has 0 saturated carbocycles. The lowest BCUT2D eigenvalue weighted by atomic mass is 9.92. The Balaban J connectivity index is 1.10. The molecule has 0 bridgehead atoms. The predicted molar refractivity (Wildman–Crippen MR) is 211 cm³/mol. The van der Waals surface area contributed by atoms with Gasteiger partial charge in [0.15, 0.2) is 0 Å². The highest BCUT2D eigenvalue weighted by atomic mass is 16.3. The van der Waals surface area contributed by atoms with Gasteiger partial charge in [-0.25, -0.2) is 0 Å². The molecule has 11 rings (SSSR count). The van der Waals surface area contributed by atoms with E-state index in [0.717, 1.165) is 27.6 Å². The Kier molecular flexibility index (Phi) is 5.70. The summed E-state index contributed by atoms with van der Waals surface area (Å²) >= 11 is 0. The Morgan fingerprint density at radius 3 is 1.54 bits per heavy atom. The molecule has 11 aromatic rings. The topological polar surface area (TPSA) is 18.1 Å². The van der Waals surface area contributed by atoms with Crippen LogP contribution in [0.3, 0.4) is 0 Å². The molecule has 0 spiro atoms. The van der Waals surface area contributed by atoms with Crippen LogP contribution in [-0.4, -0.2) is 4.57 Å². The van der Waals surface area contributed by atoms with Gasteiger partial charge in [0.25, 0.3) is 0 Å². The Morgan fingerprint density at radius 1 is 0.280 bits per heavy atom. The molecule has 2 heteroatoms. The van der Waals surface area contributed by atoms with Gasteiger partial charge in [-0.1, -0.05) is 127 Å². The monoisotopic (exact) mass is 635 g/mol. The summed E-state index contributed by atoms with van der Waals surface area (Å²) in [5.41, 5.74) is 10.1. The first-order valence-electron chi connectivity index (χ1n) is 17.2. The van der Waals surface area contributed by atoms with Gasteiger partial charge in [0.1, 0.15) is 11.2 Å². The van der Waals surface area contributed by atoms with Crippen molar-refractivity contribution in [3.8, 4) is 27.9 Å². The van der Waals surface area contributed by atoms with Gasteiger partial charge in [0, 0.05) is 27.2 Å². The van der Waals surface area contributed by atoms with E-state index in [0.29, 0.717) is 0 Å². The van der Waals surface area contributed by atoms with E-state index < -0.39 is 0 Å². The van der Waals surface area contributed by atoms with Crippen LogP contribution in [0.25, 0.3) is 104 Å². The van der Waals surface area contributed by atoms with Crippen LogP contribution in [-0.2, 0) is 0 Å². The molecule has 0 N–H and O–H groups in total. The standard InChI is InChI=1S/C48H29NO/c1-2-14-37-35(12-1)36-13-3-4-15-38(36)43-27-31(20-23-39(37)43)30-10-9-11-34(26-30)49-45-18-7-5-16-40(45)41-24-21-33(29-46(41)49)32-22-25-48-44(28-32)42-17-6-8-19-47(42)50-48/h1-29H. The molecule has 0 fully saturated rings. The molecule has 9 aromatic carbocycles. The van der Waals surface area contributed by atoms with Crippen molar-refractivity contribution in [2.24, 2.45) is 0 Å². The van der Waals surface area contributed by atoms with Crippen LogP contribution in [0.4, 0.5) is 0 Å². The number of furan rings is 1. The normalized spacial score (nSPS) is 12.0. The zero-order valence-electron chi connectivity index (χ0n) is 27.1. The van der Waals surface area contributed by atoms with E-state index in [1.54, 1.807) is 0 Å². The molecule has 232 valence electrons. The van der Waals surface area contributed by atoms with Crippen LogP contribution >= 0.6 is 0 Å². The van der Waals surface area contributed by atoms with Gasteiger partial charge >= 0.3 is 0 Å². The van der Waals surface area contributed by atoms with E-state index in [9.17, 15) is 0 Å². The Hall–Kier alpha value is -6.64. The number of rotatable bonds is 3. The third kappa shape index (κ3) is 3.96. The highest BCUT2D eigenvalue weighted by Crippen LogP contribution is 2.40. The quantitative estimate of drug-likeness (QED) is 0.177. The summed E-state index contributed by atoms with van der Waals surface area (Å²) in [4.78, 5) is 0. The van der Waals surface area contributed by atoms with Gasteiger partial charge in [-0.15, -0.1) is 0 Å². The second-order valence-corrected chi connectivity index (χ2v) is 13.3. The number of fused-ring (bicyclic) bond motifs is 12. The third-order valence-corrected chi connectivity index (χ3v) is 10.6. The average molecular weight is 636 g/mol. The smallest absolute Gasteiger partial charge is 0.135 e. The van der Waals surface area contributed by atoms with Crippen LogP contribution < -0.4 is 0 Å². The molecule has 2 heterocycles. The lowest BCUT2D eigenvalue weighted by Gasteiger charge is -2.13.